The minimum atomic E-state index is 0.460. The second-order valence-electron chi connectivity index (χ2n) is 5.95. The lowest BCUT2D eigenvalue weighted by atomic mass is 9.61. The minimum Gasteiger partial charge on any atom is -0.0597 e. The van der Waals surface area contributed by atoms with E-state index in [4.69, 9.17) is 0 Å². The highest BCUT2D eigenvalue weighted by molar-refractivity contribution is 4.90. The first-order valence-corrected chi connectivity index (χ1v) is 5.36. The number of rotatable bonds is 1. The molecule has 0 heteroatoms. The van der Waals surface area contributed by atoms with E-state index in [-0.39, 0.29) is 0 Å². The highest BCUT2D eigenvalue weighted by atomic mass is 14.5. The van der Waals surface area contributed by atoms with Crippen LogP contribution in [0.5, 0.6) is 0 Å². The molecule has 1 aliphatic rings. The van der Waals surface area contributed by atoms with Crippen LogP contribution in [0.3, 0.4) is 0 Å². The van der Waals surface area contributed by atoms with Crippen LogP contribution < -0.4 is 0 Å². The molecule has 72 valence electrons. The Morgan fingerprint density at radius 3 is 1.58 bits per heavy atom. The van der Waals surface area contributed by atoms with Crippen LogP contribution >= 0.6 is 0 Å². The zero-order valence-corrected chi connectivity index (χ0v) is 9.41. The van der Waals surface area contributed by atoms with Gasteiger partial charge in [-0.05, 0) is 29.6 Å². The first kappa shape index (κ1) is 10.1. The number of hydrogen-bond acceptors (Lipinski definition) is 0. The Morgan fingerprint density at radius 1 is 0.833 bits per heavy atom. The molecule has 0 unspecified atom stereocenters. The van der Waals surface area contributed by atoms with Crippen LogP contribution in [0.15, 0.2) is 0 Å². The van der Waals surface area contributed by atoms with Gasteiger partial charge in [0.05, 0.1) is 0 Å². The quantitative estimate of drug-likeness (QED) is 0.549. The normalized spacial score (nSPS) is 21.8. The van der Waals surface area contributed by atoms with Crippen molar-refractivity contribution in [2.75, 3.05) is 0 Å². The molecule has 0 aromatic rings. The van der Waals surface area contributed by atoms with Gasteiger partial charge in [0.1, 0.15) is 0 Å². The largest absolute Gasteiger partial charge is 0.0597 e. The van der Waals surface area contributed by atoms with Crippen LogP contribution in [0.2, 0.25) is 0 Å². The highest BCUT2D eigenvalue weighted by Gasteiger charge is 2.40. The molecule has 1 saturated carbocycles. The minimum absolute atomic E-state index is 0.460. The standard InChI is InChI=1S/C12H24/c1-11(2,3)12(4,5)10-8-6-7-9-10/h10H,6-9H2,1-5H3. The van der Waals surface area contributed by atoms with Crippen LogP contribution in [0.1, 0.15) is 60.3 Å². The van der Waals surface area contributed by atoms with E-state index >= 15 is 0 Å². The van der Waals surface area contributed by atoms with Gasteiger partial charge in [-0.1, -0.05) is 47.5 Å². The van der Waals surface area contributed by atoms with E-state index in [0.717, 1.165) is 5.92 Å². The summed E-state index contributed by atoms with van der Waals surface area (Å²) < 4.78 is 0. The molecule has 0 N–H and O–H groups in total. The van der Waals surface area contributed by atoms with Gasteiger partial charge in [0.2, 0.25) is 0 Å². The van der Waals surface area contributed by atoms with Crippen LogP contribution in [-0.4, -0.2) is 0 Å². The summed E-state index contributed by atoms with van der Waals surface area (Å²) in [5.74, 6) is 0.970. The Morgan fingerprint density at radius 2 is 1.25 bits per heavy atom. The van der Waals surface area contributed by atoms with Crippen molar-refractivity contribution < 1.29 is 0 Å². The van der Waals surface area contributed by atoms with Crippen LogP contribution in [0.4, 0.5) is 0 Å². The molecule has 0 heterocycles. The fraction of sp³-hybridized carbons (Fsp3) is 1.00. The van der Waals surface area contributed by atoms with Crippen molar-refractivity contribution in [1.82, 2.24) is 0 Å². The van der Waals surface area contributed by atoms with E-state index in [2.05, 4.69) is 34.6 Å². The Hall–Kier alpha value is 0. The third-order valence-electron chi connectivity index (χ3n) is 4.31. The molecule has 0 amide bonds. The second-order valence-corrected chi connectivity index (χ2v) is 5.95. The average Bonchev–Trinajstić information content (AvgIpc) is 2.34. The molecule has 0 bridgehead atoms. The van der Waals surface area contributed by atoms with Gasteiger partial charge < -0.3 is 0 Å². The number of hydrogen-bond donors (Lipinski definition) is 0. The second kappa shape index (κ2) is 3.05. The van der Waals surface area contributed by atoms with Crippen molar-refractivity contribution in [3.8, 4) is 0 Å². The third-order valence-corrected chi connectivity index (χ3v) is 4.31. The maximum atomic E-state index is 2.45. The van der Waals surface area contributed by atoms with Crippen LogP contribution in [0.25, 0.3) is 0 Å². The molecule has 12 heavy (non-hydrogen) atoms. The van der Waals surface area contributed by atoms with Gasteiger partial charge in [-0.25, -0.2) is 0 Å². The Kier molecular flexibility index (Phi) is 2.56. The molecule has 0 saturated heterocycles. The summed E-state index contributed by atoms with van der Waals surface area (Å²) in [7, 11) is 0. The molecule has 0 aromatic carbocycles. The molecular weight excluding hydrogens is 144 g/mol. The Balaban J connectivity index is 2.69. The van der Waals surface area contributed by atoms with Crippen molar-refractivity contribution >= 4 is 0 Å². The molecule has 0 radical (unpaired) electrons. The Labute approximate surface area is 77.7 Å². The van der Waals surface area contributed by atoms with Gasteiger partial charge >= 0.3 is 0 Å². The maximum Gasteiger partial charge on any atom is -0.0277 e. The van der Waals surface area contributed by atoms with E-state index in [9.17, 15) is 0 Å². The fourth-order valence-electron chi connectivity index (χ4n) is 2.26. The van der Waals surface area contributed by atoms with Crippen molar-refractivity contribution in [2.24, 2.45) is 16.7 Å². The van der Waals surface area contributed by atoms with Gasteiger partial charge in [0.15, 0.2) is 0 Å². The summed E-state index contributed by atoms with van der Waals surface area (Å²) >= 11 is 0. The summed E-state index contributed by atoms with van der Waals surface area (Å²) in [4.78, 5) is 0. The van der Waals surface area contributed by atoms with Gasteiger partial charge in [-0.3, -0.25) is 0 Å². The van der Waals surface area contributed by atoms with E-state index < -0.39 is 0 Å². The Bertz CT molecular complexity index is 142. The van der Waals surface area contributed by atoms with Crippen molar-refractivity contribution in [1.29, 1.82) is 0 Å². The molecular formula is C12H24. The smallest absolute Gasteiger partial charge is 0.0277 e. The molecule has 0 nitrogen and oxygen atoms in total. The highest BCUT2D eigenvalue weighted by Crippen LogP contribution is 2.50. The lowest BCUT2D eigenvalue weighted by Crippen LogP contribution is -2.35. The summed E-state index contributed by atoms with van der Waals surface area (Å²) in [5.41, 5.74) is 0.978. The van der Waals surface area contributed by atoms with Crippen molar-refractivity contribution in [3.05, 3.63) is 0 Å². The molecule has 0 aromatic heterocycles. The van der Waals surface area contributed by atoms with E-state index in [1.807, 2.05) is 0 Å². The first-order chi connectivity index (χ1) is 5.36. The van der Waals surface area contributed by atoms with Crippen LogP contribution in [0, 0.1) is 16.7 Å². The van der Waals surface area contributed by atoms with Crippen LogP contribution in [-0.2, 0) is 0 Å². The summed E-state index contributed by atoms with van der Waals surface area (Å²) in [5, 5.41) is 0. The predicted molar refractivity (Wildman–Crippen MR) is 55.2 cm³/mol. The summed E-state index contributed by atoms with van der Waals surface area (Å²) in [6, 6.07) is 0. The molecule has 1 fully saturated rings. The van der Waals surface area contributed by atoms with Gasteiger partial charge in [0.25, 0.3) is 0 Å². The third kappa shape index (κ3) is 1.67. The molecule has 0 aliphatic heterocycles. The lowest BCUT2D eigenvalue weighted by molar-refractivity contribution is 0.0577. The SMILES string of the molecule is CC(C)(C)C(C)(C)C1CCCC1. The fourth-order valence-corrected chi connectivity index (χ4v) is 2.26. The molecule has 0 atom stereocenters. The van der Waals surface area contributed by atoms with E-state index in [1.165, 1.54) is 25.7 Å². The van der Waals surface area contributed by atoms with E-state index in [0.29, 0.717) is 10.8 Å². The predicted octanol–water partition coefficient (Wildman–Crippen LogP) is 4.25. The maximum absolute atomic E-state index is 2.45. The monoisotopic (exact) mass is 168 g/mol. The van der Waals surface area contributed by atoms with Crippen molar-refractivity contribution in [2.45, 2.75) is 60.3 Å². The van der Waals surface area contributed by atoms with E-state index in [1.54, 1.807) is 0 Å². The van der Waals surface area contributed by atoms with Gasteiger partial charge in [-0.2, -0.15) is 0 Å². The zero-order chi connectivity index (χ0) is 9.41. The van der Waals surface area contributed by atoms with Gasteiger partial charge in [0, 0.05) is 0 Å². The summed E-state index contributed by atoms with van der Waals surface area (Å²) in [6.07, 6.45) is 5.85. The summed E-state index contributed by atoms with van der Waals surface area (Å²) in [6.45, 7) is 12.0. The molecule has 1 rings (SSSR count). The molecule has 1 aliphatic carbocycles. The molecule has 0 spiro atoms. The zero-order valence-electron chi connectivity index (χ0n) is 9.41. The van der Waals surface area contributed by atoms with Gasteiger partial charge in [-0.15, -0.1) is 0 Å². The first-order valence-electron chi connectivity index (χ1n) is 5.36. The topological polar surface area (TPSA) is 0 Å². The average molecular weight is 168 g/mol. The van der Waals surface area contributed by atoms with Crippen molar-refractivity contribution in [3.63, 3.8) is 0 Å². The lowest BCUT2D eigenvalue weighted by Gasteiger charge is -2.44.